The minimum atomic E-state index is 0.803. The van der Waals surface area contributed by atoms with Crippen molar-refractivity contribution in [3.8, 4) is 17.2 Å². The maximum absolute atomic E-state index is 5.68. The molecule has 0 fully saturated rings. The number of methoxy groups -OCH3 is 3. The van der Waals surface area contributed by atoms with E-state index in [1.165, 1.54) is 22.3 Å². The van der Waals surface area contributed by atoms with Crippen molar-refractivity contribution in [3.05, 3.63) is 52.6 Å². The largest absolute Gasteiger partial charge is 0.497 e. The number of rotatable bonds is 3. The summed E-state index contributed by atoms with van der Waals surface area (Å²) in [5.41, 5.74) is 5.35. The third-order valence-electron chi connectivity index (χ3n) is 5.01. The molecule has 0 radical (unpaired) electrons. The quantitative estimate of drug-likeness (QED) is 0.855. The van der Waals surface area contributed by atoms with E-state index >= 15 is 0 Å². The summed E-state index contributed by atoms with van der Waals surface area (Å²) in [6.07, 6.45) is 3.03. The number of likely N-dealkylation sites (N-methyl/N-ethyl adjacent to an activating group) is 1. The Morgan fingerprint density at radius 2 is 1.56 bits per heavy atom. The Bertz CT molecular complexity index is 742. The number of hydrogen-bond acceptors (Lipinski definition) is 4. The van der Waals surface area contributed by atoms with Crippen molar-refractivity contribution >= 4 is 0 Å². The first-order chi connectivity index (χ1) is 12.2. The fraction of sp³-hybridized carbons (Fsp3) is 0.429. The second kappa shape index (κ2) is 7.79. The first kappa shape index (κ1) is 17.6. The van der Waals surface area contributed by atoms with Gasteiger partial charge in [0, 0.05) is 18.7 Å². The predicted octanol–water partition coefficient (Wildman–Crippen LogP) is 3.49. The van der Waals surface area contributed by atoms with Gasteiger partial charge in [-0.2, -0.15) is 0 Å². The van der Waals surface area contributed by atoms with Crippen LogP contribution in [-0.2, 0) is 25.8 Å². The van der Waals surface area contributed by atoms with Gasteiger partial charge in [-0.25, -0.2) is 0 Å². The van der Waals surface area contributed by atoms with E-state index in [1.807, 2.05) is 6.07 Å². The number of aryl methyl sites for hydroxylation is 2. The van der Waals surface area contributed by atoms with Gasteiger partial charge in [-0.1, -0.05) is 12.1 Å². The van der Waals surface area contributed by atoms with Gasteiger partial charge in [-0.05, 0) is 61.2 Å². The van der Waals surface area contributed by atoms with Crippen LogP contribution < -0.4 is 14.2 Å². The van der Waals surface area contributed by atoms with E-state index in [-0.39, 0.29) is 0 Å². The van der Waals surface area contributed by atoms with Crippen molar-refractivity contribution in [3.63, 3.8) is 0 Å². The van der Waals surface area contributed by atoms with Gasteiger partial charge in [0.05, 0.1) is 21.3 Å². The Morgan fingerprint density at radius 3 is 2.28 bits per heavy atom. The van der Waals surface area contributed by atoms with Gasteiger partial charge >= 0.3 is 0 Å². The molecule has 2 aromatic carbocycles. The summed E-state index contributed by atoms with van der Waals surface area (Å²) in [6, 6.07) is 10.6. The summed E-state index contributed by atoms with van der Waals surface area (Å²) in [7, 11) is 7.30. The molecule has 1 aliphatic rings. The van der Waals surface area contributed by atoms with Gasteiger partial charge in [0.2, 0.25) is 0 Å². The fourth-order valence-corrected chi connectivity index (χ4v) is 3.57. The Hall–Kier alpha value is -2.20. The number of nitrogens with zero attached hydrogens (tertiary/aromatic N) is 1. The second-order valence-electron chi connectivity index (χ2n) is 6.56. The number of hydrogen-bond donors (Lipinski definition) is 0. The Balaban J connectivity index is 2.00. The highest BCUT2D eigenvalue weighted by Gasteiger charge is 2.18. The summed E-state index contributed by atoms with van der Waals surface area (Å²) in [5, 5.41) is 0. The molecule has 25 heavy (non-hydrogen) atoms. The molecule has 0 spiro atoms. The average molecular weight is 341 g/mol. The first-order valence-electron chi connectivity index (χ1n) is 8.73. The van der Waals surface area contributed by atoms with E-state index in [0.29, 0.717) is 0 Å². The van der Waals surface area contributed by atoms with Gasteiger partial charge < -0.3 is 19.1 Å². The summed E-state index contributed by atoms with van der Waals surface area (Å²) < 4.78 is 16.6. The van der Waals surface area contributed by atoms with E-state index < -0.39 is 0 Å². The molecule has 3 rings (SSSR count). The molecule has 0 aliphatic carbocycles. The highest BCUT2D eigenvalue weighted by Crippen LogP contribution is 2.35. The molecule has 0 saturated heterocycles. The van der Waals surface area contributed by atoms with Gasteiger partial charge in [-0.15, -0.1) is 0 Å². The number of fused-ring (bicyclic) bond motifs is 2. The van der Waals surface area contributed by atoms with Gasteiger partial charge in [0.1, 0.15) is 5.75 Å². The van der Waals surface area contributed by atoms with Gasteiger partial charge in [0.25, 0.3) is 0 Å². The monoisotopic (exact) mass is 341 g/mol. The molecule has 134 valence electrons. The average Bonchev–Trinajstić information content (AvgIpc) is 2.64. The SMILES string of the molecule is COc1ccc2c(c1)CCN(C)Cc1c(ccc(OC)c1OC)CC2. The van der Waals surface area contributed by atoms with Gasteiger partial charge in [-0.3, -0.25) is 0 Å². The molecular weight excluding hydrogens is 314 g/mol. The Kier molecular flexibility index (Phi) is 5.49. The van der Waals surface area contributed by atoms with Crippen LogP contribution in [0.4, 0.5) is 0 Å². The summed E-state index contributed by atoms with van der Waals surface area (Å²) in [4.78, 5) is 2.34. The maximum atomic E-state index is 5.68. The molecule has 4 nitrogen and oxygen atoms in total. The van der Waals surface area contributed by atoms with Crippen LogP contribution >= 0.6 is 0 Å². The highest BCUT2D eigenvalue weighted by molar-refractivity contribution is 5.51. The Morgan fingerprint density at radius 1 is 0.800 bits per heavy atom. The molecule has 4 heteroatoms. The minimum Gasteiger partial charge on any atom is -0.497 e. The highest BCUT2D eigenvalue weighted by atomic mass is 16.5. The predicted molar refractivity (Wildman–Crippen MR) is 100.0 cm³/mol. The number of benzene rings is 2. The summed E-state index contributed by atoms with van der Waals surface area (Å²) >= 11 is 0. The first-order valence-corrected chi connectivity index (χ1v) is 8.73. The zero-order valence-corrected chi connectivity index (χ0v) is 15.6. The normalized spacial score (nSPS) is 15.0. The topological polar surface area (TPSA) is 30.9 Å². The maximum Gasteiger partial charge on any atom is 0.165 e. The Labute approximate surface area is 150 Å². The summed E-state index contributed by atoms with van der Waals surface area (Å²) in [6.45, 7) is 1.84. The van der Waals surface area contributed by atoms with Crippen molar-refractivity contribution in [1.29, 1.82) is 0 Å². The van der Waals surface area contributed by atoms with E-state index in [2.05, 4.69) is 36.2 Å². The molecule has 1 aliphatic heterocycles. The fourth-order valence-electron chi connectivity index (χ4n) is 3.57. The van der Waals surface area contributed by atoms with Gasteiger partial charge in [0.15, 0.2) is 11.5 Å². The lowest BCUT2D eigenvalue weighted by Crippen LogP contribution is -2.23. The minimum absolute atomic E-state index is 0.803. The van der Waals surface area contributed by atoms with Crippen molar-refractivity contribution < 1.29 is 14.2 Å². The van der Waals surface area contributed by atoms with Crippen LogP contribution in [-0.4, -0.2) is 39.8 Å². The molecule has 0 bridgehead atoms. The van der Waals surface area contributed by atoms with Crippen LogP contribution in [0.15, 0.2) is 30.3 Å². The summed E-state index contributed by atoms with van der Waals surface area (Å²) in [5.74, 6) is 2.60. The molecule has 0 saturated carbocycles. The molecule has 0 atom stereocenters. The van der Waals surface area contributed by atoms with E-state index in [0.717, 1.165) is 49.6 Å². The smallest absolute Gasteiger partial charge is 0.165 e. The molecule has 2 aromatic rings. The molecule has 1 heterocycles. The zero-order valence-electron chi connectivity index (χ0n) is 15.6. The zero-order chi connectivity index (χ0) is 17.8. The van der Waals surface area contributed by atoms with Crippen LogP contribution in [0.3, 0.4) is 0 Å². The molecular formula is C21H27NO3. The van der Waals surface area contributed by atoms with E-state index in [1.54, 1.807) is 21.3 Å². The van der Waals surface area contributed by atoms with Crippen LogP contribution in [0.1, 0.15) is 22.3 Å². The van der Waals surface area contributed by atoms with E-state index in [4.69, 9.17) is 14.2 Å². The van der Waals surface area contributed by atoms with Crippen molar-refractivity contribution in [2.75, 3.05) is 34.9 Å². The number of ether oxygens (including phenoxy) is 3. The van der Waals surface area contributed by atoms with Crippen molar-refractivity contribution in [1.82, 2.24) is 4.90 Å². The lowest BCUT2D eigenvalue weighted by molar-refractivity contribution is 0.309. The van der Waals surface area contributed by atoms with Crippen LogP contribution in [0.5, 0.6) is 17.2 Å². The van der Waals surface area contributed by atoms with Crippen LogP contribution in [0.2, 0.25) is 0 Å². The second-order valence-corrected chi connectivity index (χ2v) is 6.56. The van der Waals surface area contributed by atoms with Crippen LogP contribution in [0.25, 0.3) is 0 Å². The van der Waals surface area contributed by atoms with Crippen LogP contribution in [0, 0.1) is 0 Å². The van der Waals surface area contributed by atoms with Crippen molar-refractivity contribution in [2.45, 2.75) is 25.8 Å². The third kappa shape index (κ3) is 3.74. The molecule has 0 amide bonds. The third-order valence-corrected chi connectivity index (χ3v) is 5.01. The lowest BCUT2D eigenvalue weighted by Gasteiger charge is -2.24. The van der Waals surface area contributed by atoms with Crippen molar-refractivity contribution in [2.24, 2.45) is 0 Å². The molecule has 0 aromatic heterocycles. The standard InChI is InChI=1S/C21H27NO3/c1-22-12-11-17-13-18(23-2)9-7-15(17)5-6-16-8-10-20(24-3)21(25-4)19(16)14-22/h7-10,13H,5-6,11-12,14H2,1-4H3. The molecule has 0 unspecified atom stereocenters. The lowest BCUT2D eigenvalue weighted by atomic mass is 9.93. The van der Waals surface area contributed by atoms with E-state index in [9.17, 15) is 0 Å². The molecule has 0 N–H and O–H groups in total.